The average Bonchev–Trinajstić information content (AvgIpc) is 1.67. The van der Waals surface area contributed by atoms with Gasteiger partial charge in [-0.1, -0.05) is 101 Å². The molecule has 27 heteroatoms. The van der Waals surface area contributed by atoms with Crippen molar-refractivity contribution in [3.05, 3.63) is 118 Å². The Labute approximate surface area is 534 Å². The summed E-state index contributed by atoms with van der Waals surface area (Å²) in [6.45, 7) is 33.2. The zero-order valence-corrected chi connectivity index (χ0v) is 54.0. The second-order valence-electron chi connectivity index (χ2n) is 27.7. The maximum Gasteiger partial charge on any atom is 0.482 e. The normalized spacial score (nSPS) is 26.0. The molecule has 2 aromatic rings. The molecule has 5 saturated heterocycles. The van der Waals surface area contributed by atoms with Crippen LogP contribution in [-0.4, -0.2) is 196 Å². The van der Waals surface area contributed by atoms with Gasteiger partial charge in [0.2, 0.25) is 11.4 Å². The highest BCUT2D eigenvalue weighted by molar-refractivity contribution is 6.48. The van der Waals surface area contributed by atoms with E-state index in [1.165, 1.54) is 22.0 Å². The molecule has 496 valence electrons. The largest absolute Gasteiger partial charge is 0.482 e. The quantitative estimate of drug-likeness (QED) is 0.0361. The first-order valence-corrected chi connectivity index (χ1v) is 31.8. The Kier molecular flexibility index (Phi) is 24.2. The van der Waals surface area contributed by atoms with Gasteiger partial charge in [-0.15, -0.1) is 0 Å². The summed E-state index contributed by atoms with van der Waals surface area (Å²) in [5.41, 5.74) is -0.509. The van der Waals surface area contributed by atoms with Gasteiger partial charge in [-0.25, -0.2) is 36.8 Å². The number of piperidine rings is 2. The van der Waals surface area contributed by atoms with Crippen LogP contribution in [0.5, 0.6) is 0 Å². The van der Waals surface area contributed by atoms with Gasteiger partial charge in [0.1, 0.15) is 12.2 Å². The Morgan fingerprint density at radius 1 is 0.725 bits per heavy atom. The van der Waals surface area contributed by atoms with Crippen LogP contribution in [0.15, 0.2) is 84.2 Å². The zero-order chi connectivity index (χ0) is 66.9. The Bertz CT molecular complexity index is 2970. The number of carbonyl (C=O) groups is 4. The first-order chi connectivity index (χ1) is 42.6. The smallest absolute Gasteiger partial charge is 0.444 e. The Balaban J connectivity index is 0.000000240. The highest BCUT2D eigenvalue weighted by atomic mass is 19.3. The van der Waals surface area contributed by atoms with Crippen molar-refractivity contribution < 1.29 is 75.6 Å². The van der Waals surface area contributed by atoms with Crippen LogP contribution in [0.1, 0.15) is 125 Å². The number of hydrogen-bond acceptors (Lipinski definition) is 14. The number of amides is 4. The summed E-state index contributed by atoms with van der Waals surface area (Å²) in [4.78, 5) is 65.4. The third-order valence-electron chi connectivity index (χ3n) is 19.0. The van der Waals surface area contributed by atoms with Gasteiger partial charge in [0, 0.05) is 50.1 Å². The number of ether oxygens (including phenoxy) is 2. The van der Waals surface area contributed by atoms with Crippen LogP contribution in [0.2, 0.25) is 6.32 Å². The van der Waals surface area contributed by atoms with Crippen LogP contribution in [0.25, 0.3) is 9.69 Å². The lowest BCUT2D eigenvalue weighted by atomic mass is 9.43. The number of likely N-dealkylation sites (tertiary alicyclic amines) is 4. The molecule has 4 amide bonds. The maximum atomic E-state index is 13.9. The van der Waals surface area contributed by atoms with Gasteiger partial charge in [-0.05, 0) is 127 Å². The molecule has 20 nitrogen and oxygen atoms in total. The summed E-state index contributed by atoms with van der Waals surface area (Å²) in [5.74, 6) is -6.74. The summed E-state index contributed by atoms with van der Waals surface area (Å²) in [7, 11) is -3.56. The van der Waals surface area contributed by atoms with Crippen molar-refractivity contribution in [2.75, 3.05) is 52.4 Å². The lowest BCUT2D eigenvalue weighted by Crippen LogP contribution is -2.65. The van der Waals surface area contributed by atoms with Gasteiger partial charge in [-0.3, -0.25) is 19.4 Å². The molecule has 5 heterocycles. The molecule has 8 fully saturated rings. The number of halogens is 4. The van der Waals surface area contributed by atoms with Gasteiger partial charge in [-0.2, -0.15) is 0 Å². The van der Waals surface area contributed by atoms with E-state index >= 15 is 0 Å². The minimum Gasteiger partial charge on any atom is -0.444 e. The number of alkyl carbamates (subject to hydrolysis) is 2. The molecule has 10 rings (SSSR count). The van der Waals surface area contributed by atoms with Crippen molar-refractivity contribution in [1.29, 1.82) is 0 Å². The lowest BCUT2D eigenvalue weighted by molar-refractivity contribution is -0.199. The van der Waals surface area contributed by atoms with Crippen LogP contribution in [0.3, 0.4) is 0 Å². The fourth-order valence-corrected chi connectivity index (χ4v) is 13.7. The third-order valence-corrected chi connectivity index (χ3v) is 19.0. The maximum absolute atomic E-state index is 13.9. The molecule has 3 aliphatic carbocycles. The predicted molar refractivity (Wildman–Crippen MR) is 336 cm³/mol. The van der Waals surface area contributed by atoms with E-state index in [1.54, 1.807) is 61.8 Å². The minimum absolute atomic E-state index is 0.0325. The number of hydrogen-bond donors (Lipinski definition) is 6. The Morgan fingerprint density at radius 2 is 1.19 bits per heavy atom. The molecule has 2 bridgehead atoms. The van der Waals surface area contributed by atoms with Crippen LogP contribution in [-0.2, 0) is 41.2 Å². The molecule has 3 saturated carbocycles. The first-order valence-electron chi connectivity index (χ1n) is 31.8. The number of rotatable bonds is 18. The van der Waals surface area contributed by atoms with Gasteiger partial charge in [0.15, 0.2) is 0 Å². The molecular weight excluding hydrogens is 1180 g/mol. The van der Waals surface area contributed by atoms with Crippen molar-refractivity contribution in [1.82, 2.24) is 30.2 Å². The molecule has 5 aliphatic heterocycles. The van der Waals surface area contributed by atoms with E-state index in [2.05, 4.69) is 41.1 Å². The molecule has 8 atom stereocenters. The summed E-state index contributed by atoms with van der Waals surface area (Å²) in [6.07, 6.45) is 5.10. The van der Waals surface area contributed by atoms with Gasteiger partial charge in [0.05, 0.1) is 62.9 Å². The fraction of sp³-hybridized carbons (Fsp3) is 0.656. The van der Waals surface area contributed by atoms with Gasteiger partial charge >= 0.3 is 33.5 Å². The van der Waals surface area contributed by atoms with Crippen LogP contribution in [0, 0.1) is 36.3 Å². The van der Waals surface area contributed by atoms with Crippen molar-refractivity contribution >= 4 is 45.4 Å². The third kappa shape index (κ3) is 19.3. The van der Waals surface area contributed by atoms with E-state index < -0.39 is 111 Å². The summed E-state index contributed by atoms with van der Waals surface area (Å²) in [6, 6.07) is 18.9. The van der Waals surface area contributed by atoms with Crippen molar-refractivity contribution in [3.63, 3.8) is 0 Å². The lowest BCUT2D eigenvalue weighted by Gasteiger charge is -2.64. The van der Waals surface area contributed by atoms with Crippen molar-refractivity contribution in [2.45, 2.75) is 192 Å². The van der Waals surface area contributed by atoms with Crippen molar-refractivity contribution in [3.8, 4) is 0 Å². The van der Waals surface area contributed by atoms with Gasteiger partial charge in [0.25, 0.3) is 23.7 Å². The van der Waals surface area contributed by atoms with Gasteiger partial charge < -0.3 is 59.3 Å². The summed E-state index contributed by atoms with van der Waals surface area (Å²) < 4.78 is 79.8. The molecule has 0 unspecified atom stereocenters. The molecule has 0 spiro atoms. The monoisotopic (exact) mass is 1270 g/mol. The van der Waals surface area contributed by atoms with E-state index in [0.29, 0.717) is 69.3 Å². The molecular formula is C64H91B3F4N8O12. The Morgan fingerprint density at radius 3 is 1.58 bits per heavy atom. The van der Waals surface area contributed by atoms with Crippen LogP contribution in [0.4, 0.5) is 27.2 Å². The average molecular weight is 1270 g/mol. The molecule has 2 aromatic carbocycles. The molecule has 0 aromatic heterocycles. The number of carbonyl (C=O) groups excluding carboxylic acids is 4. The van der Waals surface area contributed by atoms with E-state index in [1.807, 2.05) is 50.2 Å². The summed E-state index contributed by atoms with van der Waals surface area (Å²) >= 11 is 0. The Hall–Kier alpha value is -6.03. The number of nitrogens with one attached hydrogen (secondary N) is 2. The van der Waals surface area contributed by atoms with Crippen LogP contribution >= 0.6 is 0 Å². The predicted octanol–water partition coefficient (Wildman–Crippen LogP) is 7.87. The topological polar surface area (TPSA) is 232 Å². The molecule has 0 radical (unpaired) electrons. The van der Waals surface area contributed by atoms with Crippen LogP contribution < -0.4 is 10.6 Å². The first kappa shape index (κ1) is 72.4. The second-order valence-corrected chi connectivity index (χ2v) is 27.7. The summed E-state index contributed by atoms with van der Waals surface area (Å²) in [5, 5.41) is 41.4. The van der Waals surface area contributed by atoms with E-state index in [-0.39, 0.29) is 68.4 Å². The highest BCUT2D eigenvalue weighted by Crippen LogP contribution is 2.66. The van der Waals surface area contributed by atoms with E-state index in [4.69, 9.17) is 42.0 Å². The van der Waals surface area contributed by atoms with E-state index in [0.717, 1.165) is 24.0 Å². The highest BCUT2D eigenvalue weighted by Gasteiger charge is 2.68. The number of benzene rings is 2. The number of nitrogens with zero attached hydrogens (tertiary/aromatic N) is 6. The van der Waals surface area contributed by atoms with Crippen molar-refractivity contribution in [2.24, 2.45) is 23.2 Å². The van der Waals surface area contributed by atoms with E-state index in [9.17, 15) is 46.8 Å². The fourth-order valence-electron chi connectivity index (χ4n) is 13.7. The minimum atomic E-state index is -2.79. The SMILES string of the molecule is CC(C)CB(O)O.[C-]#[N+]C(=CC(C)(C)N1CCC(F)(F)C1)C(=O)N1CCC[C@H](OC(=O)N[C@@H](Cc2ccccc2)B(O)O)C1.[C-]#[N+]C(=CC(C)(C)N1CCC(F)(F)C1)C(=O)N1CCC[C@H](OC(=O)N[C@@H](Cc2ccccc2)B2O[C@@H]3C[C@@H]4C[C@@H](C4(C)C)[C@]3(C)O2)C1. The molecule has 91 heavy (non-hydrogen) atoms. The number of alkyl halides is 4. The second kappa shape index (κ2) is 30.4. The standard InChI is InChI=1S/C35H47BF2N4O5.C25H33BF2N4O5.C4H11BO2/c1-32(2,42-16-14-35(37,38)22-42)20-26(39-6)30(43)41-15-10-13-25(21-41)45-31(44)40-29(17-23-11-8-7-9-12-23)36-46-28-19-24-18-27(33(24,3)4)34(28,5)47-36;1-24(2,32-13-11-25(27,28)17-32)15-20(29-3)22(33)31-12-7-10-19(16-31)37-23(34)30-21(26(35)36)14-18-8-5-4-6-9-18;1-4(2)3-5(6)7/h7-9,11-12,20,24-25,27-29H,10,13-19,21-22H2,1-5H3,(H,40,44);4-6,8-9,15,19,21,35-36H,7,10-14,16-17H2,1-2H3,(H,30,34);4,6-7H,3H2,1-2H3/t24-,25-,27-,28+,29-,34-;19-,21-;/m00./s1. The molecule has 6 N–H and O–H groups in total. The zero-order valence-electron chi connectivity index (χ0n) is 54.0. The molecule has 8 aliphatic rings.